The van der Waals surface area contributed by atoms with E-state index in [-0.39, 0.29) is 56.5 Å². The van der Waals surface area contributed by atoms with E-state index in [0.717, 1.165) is 111 Å². The first-order valence-electron chi connectivity index (χ1n) is 27.0. The van der Waals surface area contributed by atoms with Crippen molar-refractivity contribution in [2.24, 2.45) is 22.7 Å². The van der Waals surface area contributed by atoms with Crippen molar-refractivity contribution >= 4 is 34.8 Å². The predicted molar refractivity (Wildman–Crippen MR) is 294 cm³/mol. The Bertz CT molecular complexity index is 2330. The zero-order valence-corrected chi connectivity index (χ0v) is 48.9. The normalized spacial score (nSPS) is 20.6. The minimum Gasteiger partial charge on any atom is -0.508 e. The maximum atomic E-state index is 13.0. The Hall–Kier alpha value is -4.31. The number of phenols is 1. The van der Waals surface area contributed by atoms with E-state index in [1.165, 1.54) is 25.4 Å². The molecule has 0 spiro atoms. The van der Waals surface area contributed by atoms with Gasteiger partial charge >= 0.3 is 17.9 Å². The van der Waals surface area contributed by atoms with Crippen LogP contribution in [-0.2, 0) is 39.5 Å². The smallest absolute Gasteiger partial charge is 0.316 e. The number of fused-ring (bicyclic) bond motifs is 6. The van der Waals surface area contributed by atoms with Crippen LogP contribution in [0.2, 0.25) is 0 Å². The third-order valence-electron chi connectivity index (χ3n) is 15.8. The predicted octanol–water partition coefficient (Wildman–Crippen LogP) is 15.9. The van der Waals surface area contributed by atoms with Crippen molar-refractivity contribution in [2.75, 3.05) is 14.2 Å². The first-order valence-corrected chi connectivity index (χ1v) is 27.3. The van der Waals surface area contributed by atoms with Crippen LogP contribution < -0.4 is 14.2 Å². The quantitative estimate of drug-likeness (QED) is 0.0604. The Balaban J connectivity index is 0.000000283. The van der Waals surface area contributed by atoms with E-state index in [2.05, 4.69) is 99.6 Å². The molecule has 0 amide bonds. The molecule has 2 aromatic carbocycles. The van der Waals surface area contributed by atoms with Crippen LogP contribution >= 0.6 is 11.6 Å². The van der Waals surface area contributed by atoms with Crippen molar-refractivity contribution < 1.29 is 48.0 Å². The van der Waals surface area contributed by atoms with Crippen molar-refractivity contribution in [3.8, 4) is 23.0 Å². The fraction of sp³-hybridized carbons (Fsp3) is 0.677. The molecule has 0 aromatic heterocycles. The highest BCUT2D eigenvalue weighted by Crippen LogP contribution is 2.57. The molecule has 4 aliphatic rings. The fourth-order valence-corrected chi connectivity index (χ4v) is 10.7. The van der Waals surface area contributed by atoms with Crippen molar-refractivity contribution in [1.82, 2.24) is 0 Å². The summed E-state index contributed by atoms with van der Waals surface area (Å²) in [6.45, 7) is 33.0. The summed E-state index contributed by atoms with van der Waals surface area (Å²) in [7, 11) is 2.87. The molecule has 2 heterocycles. The van der Waals surface area contributed by atoms with E-state index in [1.807, 2.05) is 26.8 Å². The van der Waals surface area contributed by atoms with Gasteiger partial charge in [-0.2, -0.15) is 0 Å². The molecule has 2 aromatic rings. The summed E-state index contributed by atoms with van der Waals surface area (Å²) >= 11 is 5.11. The number of benzene rings is 2. The summed E-state index contributed by atoms with van der Waals surface area (Å²) in [5, 5.41) is 10.8. The fourth-order valence-electron chi connectivity index (χ4n) is 10.7. The number of phenolic OH excluding ortho intramolecular Hbond substituents is 1. The van der Waals surface area contributed by atoms with Crippen LogP contribution in [0, 0.1) is 22.7 Å². The van der Waals surface area contributed by atoms with Gasteiger partial charge in [0.2, 0.25) is 5.24 Å². The average Bonchev–Trinajstić information content (AvgIpc) is 3.27. The summed E-state index contributed by atoms with van der Waals surface area (Å²) in [6.07, 6.45) is 17.1. The van der Waals surface area contributed by atoms with Crippen molar-refractivity contribution in [1.29, 1.82) is 0 Å². The van der Waals surface area contributed by atoms with Crippen molar-refractivity contribution in [3.63, 3.8) is 0 Å². The molecule has 408 valence electrons. The molecule has 0 fully saturated rings. The number of allylic oxidation sites excluding steroid dienone is 4. The largest absolute Gasteiger partial charge is 0.508 e. The molecule has 1 N–H and O–H groups in total. The third-order valence-corrected chi connectivity index (χ3v) is 16.3. The molecule has 0 saturated heterocycles. The van der Waals surface area contributed by atoms with Gasteiger partial charge in [0, 0.05) is 53.1 Å². The van der Waals surface area contributed by atoms with Gasteiger partial charge in [-0.25, -0.2) is 0 Å². The number of halogens is 1. The topological polar surface area (TPSA) is 135 Å². The van der Waals surface area contributed by atoms with Crippen LogP contribution in [0.5, 0.6) is 23.0 Å². The molecule has 0 radical (unpaired) electrons. The lowest BCUT2D eigenvalue weighted by molar-refractivity contribution is -0.143. The van der Waals surface area contributed by atoms with Crippen LogP contribution in [0.25, 0.3) is 0 Å². The first-order chi connectivity index (χ1) is 33.6. The zero-order valence-electron chi connectivity index (χ0n) is 48.2. The van der Waals surface area contributed by atoms with Crippen LogP contribution in [0.1, 0.15) is 235 Å². The standard InChI is InChI=1S/C31H46O5.C26H38O4.C5H9ClO/c1-20-14-15-23-22(17-20)27-24(35-28(33)29(2,3)4)18-21(19-25(27)36-31(23,7)8)30(5,6)16-12-10-11-13-26(32)34-9;1-17-11-12-20-19(14-17)24-21(27)15-18(16-22(24)30-26(20,4)5)25(2,3)13-9-7-8-10-23(28)29-6;1-5(2,3)4(6)7/h14,18-19,22-23H,10-13,15-17H2,1-9H3;11,15-16,19-20,27H,7-10,12-14H2,1-6H3;1-3H3/t22-,23-;19-,20-;/m11./s1. The number of hydrogen-bond donors (Lipinski definition) is 1. The number of esters is 3. The van der Waals surface area contributed by atoms with Gasteiger partial charge in [0.1, 0.15) is 34.2 Å². The Labute approximate surface area is 445 Å². The van der Waals surface area contributed by atoms with Gasteiger partial charge < -0.3 is 28.8 Å². The van der Waals surface area contributed by atoms with Crippen LogP contribution in [-0.4, -0.2) is 53.7 Å². The number of rotatable bonds is 15. The Morgan fingerprint density at radius 3 is 1.41 bits per heavy atom. The van der Waals surface area contributed by atoms with Crippen molar-refractivity contribution in [3.05, 3.63) is 69.8 Å². The SMILES string of the molecule is CC(C)(C)C(=O)Cl.COC(=O)CCCCCC(C)(C)c1cc(O)c2c(c1)OC(C)(C)[C@@H]1CC=C(C)C[C@@H]21.COC(=O)CCCCCC(C)(C)c1cc(OC(=O)C(C)(C)C)c2c(c1)OC(C)(C)[C@@H]1CC=C(C)C[C@@H]21. The highest BCUT2D eigenvalue weighted by Gasteiger charge is 2.48. The lowest BCUT2D eigenvalue weighted by Crippen LogP contribution is -2.45. The number of carbonyl (C=O) groups excluding carboxylic acids is 4. The average molecular weight is 1030 g/mol. The molecule has 10 nitrogen and oxygen atoms in total. The maximum Gasteiger partial charge on any atom is 0.316 e. The van der Waals surface area contributed by atoms with Gasteiger partial charge in [-0.05, 0) is 172 Å². The first kappa shape index (κ1) is 61.2. The molecule has 0 bridgehead atoms. The van der Waals surface area contributed by atoms with Gasteiger partial charge in [0.25, 0.3) is 0 Å². The summed E-state index contributed by atoms with van der Waals surface area (Å²) in [6, 6.07) is 8.39. The summed E-state index contributed by atoms with van der Waals surface area (Å²) < 4.78 is 28.8. The van der Waals surface area contributed by atoms with E-state index in [1.54, 1.807) is 20.8 Å². The molecule has 4 atom stereocenters. The summed E-state index contributed by atoms with van der Waals surface area (Å²) in [5.41, 5.74) is 5.28. The molecule has 2 aliphatic carbocycles. The highest BCUT2D eigenvalue weighted by atomic mass is 35.5. The highest BCUT2D eigenvalue weighted by molar-refractivity contribution is 6.64. The van der Waals surface area contributed by atoms with Crippen LogP contribution in [0.3, 0.4) is 0 Å². The molecule has 2 aliphatic heterocycles. The lowest BCUT2D eigenvalue weighted by Gasteiger charge is -2.47. The second-order valence-electron chi connectivity index (χ2n) is 25.8. The van der Waals surface area contributed by atoms with E-state index in [9.17, 15) is 24.3 Å². The minimum atomic E-state index is -0.603. The van der Waals surface area contributed by atoms with Crippen LogP contribution in [0.15, 0.2) is 47.6 Å². The number of aromatic hydroxyl groups is 1. The molecule has 6 rings (SSSR count). The lowest BCUT2D eigenvalue weighted by atomic mass is 9.66. The molecule has 0 unspecified atom stereocenters. The van der Waals surface area contributed by atoms with E-state index < -0.39 is 5.41 Å². The molecule has 0 saturated carbocycles. The van der Waals surface area contributed by atoms with E-state index in [0.29, 0.717) is 42.1 Å². The van der Waals surface area contributed by atoms with Gasteiger partial charge in [-0.3, -0.25) is 19.2 Å². The van der Waals surface area contributed by atoms with Crippen LogP contribution in [0.4, 0.5) is 0 Å². The van der Waals surface area contributed by atoms with Gasteiger partial charge in [-0.1, -0.05) is 97.4 Å². The van der Waals surface area contributed by atoms with Crippen molar-refractivity contribution in [2.45, 2.75) is 235 Å². The third kappa shape index (κ3) is 16.3. The second kappa shape index (κ2) is 24.6. The number of unbranched alkanes of at least 4 members (excludes halogenated alkanes) is 4. The van der Waals surface area contributed by atoms with E-state index >= 15 is 0 Å². The van der Waals surface area contributed by atoms with Gasteiger partial charge in [0.15, 0.2) is 0 Å². The Kier molecular flexibility index (Phi) is 20.6. The second-order valence-corrected chi connectivity index (χ2v) is 26.2. The Morgan fingerprint density at radius 2 is 1.01 bits per heavy atom. The number of methoxy groups -OCH3 is 2. The minimum absolute atomic E-state index is 0.0789. The van der Waals surface area contributed by atoms with E-state index in [4.69, 9.17) is 35.3 Å². The summed E-state index contributed by atoms with van der Waals surface area (Å²) in [5.74, 6) is 3.49. The molecule has 73 heavy (non-hydrogen) atoms. The summed E-state index contributed by atoms with van der Waals surface area (Å²) in [4.78, 5) is 46.0. The van der Waals surface area contributed by atoms with Gasteiger partial charge in [0.05, 0.1) is 19.6 Å². The van der Waals surface area contributed by atoms with Gasteiger partial charge in [-0.15, -0.1) is 0 Å². The number of carbonyl (C=O) groups is 4. The monoisotopic (exact) mass is 1030 g/mol. The zero-order chi connectivity index (χ0) is 55.1. The molecular weight excluding hydrogens is 940 g/mol. The molecular formula is C62H93ClO10. The Morgan fingerprint density at radius 1 is 0.616 bits per heavy atom. The number of ether oxygens (including phenoxy) is 5. The number of hydrogen-bond acceptors (Lipinski definition) is 10. The maximum absolute atomic E-state index is 13.0. The molecule has 11 heteroatoms.